The van der Waals surface area contributed by atoms with Crippen molar-refractivity contribution in [1.29, 1.82) is 0 Å². The summed E-state index contributed by atoms with van der Waals surface area (Å²) in [6.45, 7) is 2.14. The van der Waals surface area contributed by atoms with E-state index in [9.17, 15) is 0 Å². The van der Waals surface area contributed by atoms with Crippen molar-refractivity contribution in [3.63, 3.8) is 0 Å². The van der Waals surface area contributed by atoms with Crippen LogP contribution in [0.1, 0.15) is 29.2 Å². The van der Waals surface area contributed by atoms with Gasteiger partial charge in [0.1, 0.15) is 0 Å². The van der Waals surface area contributed by atoms with Crippen LogP contribution >= 0.6 is 0 Å². The maximum Gasteiger partial charge on any atom is 0.0831 e. The Balaban J connectivity index is 1.68. The van der Waals surface area contributed by atoms with E-state index in [0.717, 1.165) is 12.1 Å². The van der Waals surface area contributed by atoms with Crippen molar-refractivity contribution in [3.8, 4) is 0 Å². The minimum Gasteiger partial charge on any atom is -0.257 e. The molecule has 26 heavy (non-hydrogen) atoms. The first-order valence-electron chi connectivity index (χ1n) is 9.02. The highest BCUT2D eigenvalue weighted by Crippen LogP contribution is 2.36. The predicted molar refractivity (Wildman–Crippen MR) is 110 cm³/mol. The van der Waals surface area contributed by atoms with Gasteiger partial charge >= 0.3 is 0 Å². The van der Waals surface area contributed by atoms with Gasteiger partial charge < -0.3 is 0 Å². The molecule has 1 atom stereocenters. The quantitative estimate of drug-likeness (QED) is 0.568. The molecule has 3 aromatic carbocycles. The van der Waals surface area contributed by atoms with E-state index in [1.165, 1.54) is 22.4 Å². The zero-order valence-electron chi connectivity index (χ0n) is 14.9. The van der Waals surface area contributed by atoms with Crippen molar-refractivity contribution >= 4 is 17.5 Å². The first-order chi connectivity index (χ1) is 12.8. The van der Waals surface area contributed by atoms with Crippen molar-refractivity contribution in [3.05, 3.63) is 108 Å². The van der Waals surface area contributed by atoms with Crippen LogP contribution in [-0.4, -0.2) is 5.71 Å². The van der Waals surface area contributed by atoms with Crippen LogP contribution in [0.3, 0.4) is 0 Å². The number of aryl methyl sites for hydroxylation is 1. The van der Waals surface area contributed by atoms with Gasteiger partial charge in [-0.3, -0.25) is 5.01 Å². The monoisotopic (exact) mass is 338 g/mol. The molecule has 4 rings (SSSR count). The lowest BCUT2D eigenvalue weighted by molar-refractivity contribution is 0.707. The molecule has 0 aromatic heterocycles. The Bertz CT molecular complexity index is 927. The first kappa shape index (κ1) is 16.3. The van der Waals surface area contributed by atoms with Gasteiger partial charge in [0.2, 0.25) is 0 Å². The van der Waals surface area contributed by atoms with E-state index >= 15 is 0 Å². The van der Waals surface area contributed by atoms with E-state index in [1.54, 1.807) is 0 Å². The number of rotatable bonds is 4. The number of allylic oxidation sites excluding steroid dienone is 1. The van der Waals surface area contributed by atoms with Crippen LogP contribution in [0, 0.1) is 6.92 Å². The molecule has 0 saturated carbocycles. The molecule has 0 saturated heterocycles. The van der Waals surface area contributed by atoms with Crippen molar-refractivity contribution in [2.45, 2.75) is 19.4 Å². The maximum atomic E-state index is 4.96. The highest BCUT2D eigenvalue weighted by molar-refractivity contribution is 6.01. The lowest BCUT2D eigenvalue weighted by Gasteiger charge is -2.25. The molecule has 0 radical (unpaired) electrons. The third-order valence-electron chi connectivity index (χ3n) is 4.75. The topological polar surface area (TPSA) is 15.6 Å². The molecule has 0 N–H and O–H groups in total. The molecular formula is C24H22N2. The lowest BCUT2D eigenvalue weighted by atomic mass is 10.0. The van der Waals surface area contributed by atoms with Gasteiger partial charge in [0.05, 0.1) is 17.4 Å². The second kappa shape index (κ2) is 7.40. The number of hydrogen-bond donors (Lipinski definition) is 0. The van der Waals surface area contributed by atoms with Gasteiger partial charge in [-0.1, -0.05) is 84.9 Å². The minimum atomic E-state index is 0.229. The molecule has 0 amide bonds. The summed E-state index contributed by atoms with van der Waals surface area (Å²) < 4.78 is 0. The summed E-state index contributed by atoms with van der Waals surface area (Å²) in [5.74, 6) is 0. The van der Waals surface area contributed by atoms with Gasteiger partial charge in [-0.15, -0.1) is 0 Å². The molecular weight excluding hydrogens is 316 g/mol. The summed E-state index contributed by atoms with van der Waals surface area (Å²) in [6, 6.07) is 29.7. The fraction of sp³-hybridized carbons (Fsp3) is 0.125. The third-order valence-corrected chi connectivity index (χ3v) is 4.75. The SMILES string of the molecule is Cc1ccccc1N1N=C(/C=C/c2ccccc2)C[C@H]1c1ccccc1. The lowest BCUT2D eigenvalue weighted by Crippen LogP contribution is -2.19. The molecule has 2 nitrogen and oxygen atoms in total. The maximum absolute atomic E-state index is 4.96. The van der Waals surface area contributed by atoms with Crippen molar-refractivity contribution in [2.75, 3.05) is 5.01 Å². The third kappa shape index (κ3) is 3.45. The summed E-state index contributed by atoms with van der Waals surface area (Å²) in [4.78, 5) is 0. The van der Waals surface area contributed by atoms with Gasteiger partial charge in [0.15, 0.2) is 0 Å². The zero-order chi connectivity index (χ0) is 17.8. The average Bonchev–Trinajstić information content (AvgIpc) is 3.12. The van der Waals surface area contributed by atoms with E-state index in [0.29, 0.717) is 0 Å². The molecule has 2 heteroatoms. The number of nitrogens with zero attached hydrogens (tertiary/aromatic N) is 2. The van der Waals surface area contributed by atoms with Crippen molar-refractivity contribution < 1.29 is 0 Å². The summed E-state index contributed by atoms with van der Waals surface area (Å²) in [5.41, 5.74) is 6.00. The highest BCUT2D eigenvalue weighted by atomic mass is 15.5. The number of benzene rings is 3. The standard InChI is InChI=1S/C24H22N2/c1-19-10-8-9-15-23(19)26-24(21-13-6-3-7-14-21)18-22(25-26)17-16-20-11-4-2-5-12-20/h2-17,24H,18H2,1H3/b17-16+/t24-/m0/s1. The molecule has 3 aromatic rings. The number of para-hydroxylation sites is 1. The van der Waals surface area contributed by atoms with Crippen LogP contribution in [0.25, 0.3) is 6.08 Å². The second-order valence-electron chi connectivity index (χ2n) is 6.60. The first-order valence-corrected chi connectivity index (χ1v) is 9.02. The number of hydrogen-bond acceptors (Lipinski definition) is 2. The summed E-state index contributed by atoms with van der Waals surface area (Å²) >= 11 is 0. The van der Waals surface area contributed by atoms with Gasteiger partial charge in [0, 0.05) is 6.42 Å². The Kier molecular flexibility index (Phi) is 4.65. The van der Waals surface area contributed by atoms with Gasteiger partial charge in [-0.25, -0.2) is 0 Å². The fourth-order valence-corrected chi connectivity index (χ4v) is 3.37. The van der Waals surface area contributed by atoms with E-state index in [2.05, 4.69) is 103 Å². The summed E-state index contributed by atoms with van der Waals surface area (Å²) in [6.07, 6.45) is 5.19. The summed E-state index contributed by atoms with van der Waals surface area (Å²) in [7, 11) is 0. The van der Waals surface area contributed by atoms with E-state index in [-0.39, 0.29) is 6.04 Å². The normalized spacial score (nSPS) is 16.9. The molecule has 0 unspecified atom stereocenters. The average molecular weight is 338 g/mol. The second-order valence-corrected chi connectivity index (χ2v) is 6.60. The molecule has 1 heterocycles. The largest absolute Gasteiger partial charge is 0.257 e. The van der Waals surface area contributed by atoms with Gasteiger partial charge in [0.25, 0.3) is 0 Å². The molecule has 0 fully saturated rings. The molecule has 0 bridgehead atoms. The van der Waals surface area contributed by atoms with Crippen LogP contribution in [0.15, 0.2) is 96.1 Å². The van der Waals surface area contributed by atoms with E-state index in [1.807, 2.05) is 6.07 Å². The Morgan fingerprint density at radius 2 is 1.46 bits per heavy atom. The van der Waals surface area contributed by atoms with Crippen LogP contribution in [0.2, 0.25) is 0 Å². The Labute approximate surface area is 155 Å². The number of hydrazone groups is 1. The molecule has 0 aliphatic carbocycles. The molecule has 128 valence electrons. The Hall–Kier alpha value is -3.13. The zero-order valence-corrected chi connectivity index (χ0v) is 14.9. The van der Waals surface area contributed by atoms with Crippen LogP contribution in [0.5, 0.6) is 0 Å². The fourth-order valence-electron chi connectivity index (χ4n) is 3.37. The van der Waals surface area contributed by atoms with Crippen LogP contribution in [0.4, 0.5) is 5.69 Å². The van der Waals surface area contributed by atoms with Crippen molar-refractivity contribution in [1.82, 2.24) is 0 Å². The predicted octanol–water partition coefficient (Wildman–Crippen LogP) is 6.02. The Morgan fingerprint density at radius 3 is 2.19 bits per heavy atom. The van der Waals surface area contributed by atoms with Crippen LogP contribution < -0.4 is 5.01 Å². The molecule has 0 spiro atoms. The molecule has 1 aliphatic rings. The van der Waals surface area contributed by atoms with E-state index < -0.39 is 0 Å². The van der Waals surface area contributed by atoms with E-state index in [4.69, 9.17) is 5.10 Å². The smallest absolute Gasteiger partial charge is 0.0831 e. The molecule has 1 aliphatic heterocycles. The summed E-state index contributed by atoms with van der Waals surface area (Å²) in [5, 5.41) is 7.13. The highest BCUT2D eigenvalue weighted by Gasteiger charge is 2.28. The van der Waals surface area contributed by atoms with Gasteiger partial charge in [-0.2, -0.15) is 5.10 Å². The minimum absolute atomic E-state index is 0.229. The Morgan fingerprint density at radius 1 is 0.808 bits per heavy atom. The van der Waals surface area contributed by atoms with Crippen molar-refractivity contribution in [2.24, 2.45) is 5.10 Å². The van der Waals surface area contributed by atoms with Gasteiger partial charge in [-0.05, 0) is 35.8 Å². The van der Waals surface area contributed by atoms with Crippen LogP contribution in [-0.2, 0) is 0 Å². The number of anilines is 1.